The summed E-state index contributed by atoms with van der Waals surface area (Å²) in [5.74, 6) is -0.199. The molecule has 2 amide bonds. The molecule has 2 rings (SSSR count). The van der Waals surface area contributed by atoms with Crippen molar-refractivity contribution in [1.82, 2.24) is 4.31 Å². The molecular weight excluding hydrogens is 446 g/mol. The number of benzene rings is 2. The Kier molecular flexibility index (Phi) is 10.3. The summed E-state index contributed by atoms with van der Waals surface area (Å²) in [4.78, 5) is 24.3. The van der Waals surface area contributed by atoms with Gasteiger partial charge in [0.1, 0.15) is 6.61 Å². The number of ether oxygens (including phenoxy) is 2. The molecule has 0 aliphatic rings. The van der Waals surface area contributed by atoms with E-state index in [-0.39, 0.29) is 23.8 Å². The van der Waals surface area contributed by atoms with Gasteiger partial charge in [-0.3, -0.25) is 10.1 Å². The first-order chi connectivity index (χ1) is 15.8. The molecule has 0 saturated carbocycles. The van der Waals surface area contributed by atoms with E-state index >= 15 is 0 Å². The summed E-state index contributed by atoms with van der Waals surface area (Å²) < 4.78 is 36.3. The van der Waals surface area contributed by atoms with Gasteiger partial charge in [-0.2, -0.15) is 4.31 Å². The first-order valence-corrected chi connectivity index (χ1v) is 12.2. The van der Waals surface area contributed by atoms with E-state index in [1.54, 1.807) is 62.4 Å². The van der Waals surface area contributed by atoms with Crippen molar-refractivity contribution in [3.63, 3.8) is 0 Å². The molecule has 0 heterocycles. The number of amides is 2. The number of nitrogens with one attached hydrogen (secondary N) is 2. The first-order valence-electron chi connectivity index (χ1n) is 10.7. The Balaban J connectivity index is 1.88. The predicted molar refractivity (Wildman–Crippen MR) is 127 cm³/mol. The van der Waals surface area contributed by atoms with Gasteiger partial charge in [-0.05, 0) is 42.3 Å². The minimum atomic E-state index is -3.50. The lowest BCUT2D eigenvalue weighted by Crippen LogP contribution is -2.30. The number of nitrogens with zero attached hydrogens (tertiary/aromatic N) is 1. The lowest BCUT2D eigenvalue weighted by atomic mass is 10.1. The van der Waals surface area contributed by atoms with Crippen molar-refractivity contribution in [1.29, 1.82) is 0 Å². The van der Waals surface area contributed by atoms with Crippen LogP contribution < -0.4 is 10.6 Å². The van der Waals surface area contributed by atoms with E-state index in [2.05, 4.69) is 10.6 Å². The Morgan fingerprint density at radius 2 is 1.58 bits per heavy atom. The lowest BCUT2D eigenvalue weighted by Gasteiger charge is -2.18. The van der Waals surface area contributed by atoms with E-state index in [1.165, 1.54) is 11.4 Å². The summed E-state index contributed by atoms with van der Waals surface area (Å²) >= 11 is 0. The fourth-order valence-corrected chi connectivity index (χ4v) is 4.53. The minimum absolute atomic E-state index is 0.140. The average Bonchev–Trinajstić information content (AvgIpc) is 2.79. The maximum Gasteiger partial charge on any atom is 0.411 e. The van der Waals surface area contributed by atoms with Gasteiger partial charge in [-0.25, -0.2) is 13.2 Å². The van der Waals surface area contributed by atoms with Crippen LogP contribution in [-0.4, -0.2) is 58.1 Å². The number of carbonyl (C=O) groups is 2. The van der Waals surface area contributed by atoms with Crippen molar-refractivity contribution in [2.75, 3.05) is 44.0 Å². The number of sulfonamides is 1. The molecule has 0 aliphatic carbocycles. The van der Waals surface area contributed by atoms with Crippen LogP contribution in [0.2, 0.25) is 0 Å². The highest BCUT2D eigenvalue weighted by molar-refractivity contribution is 7.89. The first kappa shape index (κ1) is 26.3. The van der Waals surface area contributed by atoms with Gasteiger partial charge in [-0.15, -0.1) is 0 Å². The highest BCUT2D eigenvalue weighted by atomic mass is 32.2. The van der Waals surface area contributed by atoms with Crippen molar-refractivity contribution in [2.45, 2.75) is 31.6 Å². The van der Waals surface area contributed by atoms with Gasteiger partial charge < -0.3 is 14.8 Å². The summed E-state index contributed by atoms with van der Waals surface area (Å²) in [5, 5.41) is 5.38. The highest BCUT2D eigenvalue weighted by Gasteiger charge is 2.21. The number of hydrogen-bond acceptors (Lipinski definition) is 6. The molecule has 0 atom stereocenters. The molecule has 2 aromatic carbocycles. The van der Waals surface area contributed by atoms with E-state index < -0.39 is 16.1 Å². The summed E-state index contributed by atoms with van der Waals surface area (Å²) in [5.41, 5.74) is 1.88. The second-order valence-corrected chi connectivity index (χ2v) is 9.05. The molecular formula is C23H31N3O6S. The van der Waals surface area contributed by atoms with Gasteiger partial charge in [0.2, 0.25) is 15.9 Å². The van der Waals surface area contributed by atoms with Gasteiger partial charge in [-0.1, -0.05) is 32.0 Å². The maximum atomic E-state index is 12.6. The topological polar surface area (TPSA) is 114 Å². The van der Waals surface area contributed by atoms with Gasteiger partial charge in [0, 0.05) is 38.0 Å². The largest absolute Gasteiger partial charge is 0.447 e. The summed E-state index contributed by atoms with van der Waals surface area (Å²) in [6.07, 6.45) is 0.0713. The number of anilines is 2. The second kappa shape index (κ2) is 12.9. The van der Waals surface area contributed by atoms with Gasteiger partial charge >= 0.3 is 6.09 Å². The van der Waals surface area contributed by atoms with Crippen LogP contribution >= 0.6 is 0 Å². The molecule has 0 aromatic heterocycles. The zero-order chi connectivity index (χ0) is 24.3. The SMILES string of the molecule is CCN(CC)S(=O)(=O)c1ccc(CCC(=O)Nc2cccc(NC(=O)OCCOC)c2)cc1. The van der Waals surface area contributed by atoms with Gasteiger partial charge in [0.05, 0.1) is 11.5 Å². The van der Waals surface area contributed by atoms with E-state index in [0.717, 1.165) is 5.56 Å². The molecule has 0 bridgehead atoms. The second-order valence-electron chi connectivity index (χ2n) is 7.12. The summed E-state index contributed by atoms with van der Waals surface area (Å²) in [6.45, 7) is 4.86. The van der Waals surface area contributed by atoms with Crippen molar-refractivity contribution in [3.8, 4) is 0 Å². The third kappa shape index (κ3) is 8.16. The molecule has 2 N–H and O–H groups in total. The van der Waals surface area contributed by atoms with Crippen LogP contribution in [0, 0.1) is 0 Å². The number of carbonyl (C=O) groups excluding carboxylic acids is 2. The van der Waals surface area contributed by atoms with Crippen LogP contribution in [-0.2, 0) is 30.7 Å². The number of hydrogen-bond donors (Lipinski definition) is 2. The highest BCUT2D eigenvalue weighted by Crippen LogP contribution is 2.18. The third-order valence-corrected chi connectivity index (χ3v) is 6.88. The normalized spacial score (nSPS) is 11.3. The molecule has 0 saturated heterocycles. The molecule has 2 aromatic rings. The third-order valence-electron chi connectivity index (χ3n) is 4.82. The van der Waals surface area contributed by atoms with E-state index in [1.807, 2.05) is 0 Å². The van der Waals surface area contributed by atoms with Crippen LogP contribution in [0.3, 0.4) is 0 Å². The standard InChI is InChI=1S/C23H31N3O6S/c1-4-26(5-2)33(29,30)21-12-9-18(10-13-21)11-14-22(27)24-19-7-6-8-20(17-19)25-23(28)32-16-15-31-3/h6-10,12-13,17H,4-5,11,14-16H2,1-3H3,(H,24,27)(H,25,28). The predicted octanol–water partition coefficient (Wildman–Crippen LogP) is 3.48. The molecule has 0 aliphatic heterocycles. The molecule has 0 fully saturated rings. The summed E-state index contributed by atoms with van der Waals surface area (Å²) in [6, 6.07) is 13.3. The van der Waals surface area contributed by atoms with Crippen molar-refractivity contribution in [3.05, 3.63) is 54.1 Å². The zero-order valence-corrected chi connectivity index (χ0v) is 20.0. The zero-order valence-electron chi connectivity index (χ0n) is 19.2. The van der Waals surface area contributed by atoms with Gasteiger partial charge in [0.15, 0.2) is 0 Å². The molecule has 0 radical (unpaired) electrons. The fourth-order valence-electron chi connectivity index (χ4n) is 3.07. The monoisotopic (exact) mass is 477 g/mol. The van der Waals surface area contributed by atoms with Crippen LogP contribution in [0.5, 0.6) is 0 Å². The smallest absolute Gasteiger partial charge is 0.411 e. The quantitative estimate of drug-likeness (QED) is 0.453. The van der Waals surface area contributed by atoms with Crippen molar-refractivity contribution < 1.29 is 27.5 Å². The van der Waals surface area contributed by atoms with E-state index in [4.69, 9.17) is 9.47 Å². The Morgan fingerprint density at radius 1 is 0.939 bits per heavy atom. The summed E-state index contributed by atoms with van der Waals surface area (Å²) in [7, 11) is -1.99. The van der Waals surface area contributed by atoms with Crippen LogP contribution in [0.1, 0.15) is 25.8 Å². The number of rotatable bonds is 12. The van der Waals surface area contributed by atoms with Crippen LogP contribution in [0.4, 0.5) is 16.2 Å². The molecule has 9 nitrogen and oxygen atoms in total. The average molecular weight is 478 g/mol. The van der Waals surface area contributed by atoms with E-state index in [9.17, 15) is 18.0 Å². The van der Waals surface area contributed by atoms with Crippen molar-refractivity contribution in [2.24, 2.45) is 0 Å². The molecule has 10 heteroatoms. The fraction of sp³-hybridized carbons (Fsp3) is 0.391. The van der Waals surface area contributed by atoms with E-state index in [0.29, 0.717) is 37.5 Å². The Hall–Kier alpha value is -2.95. The molecule has 33 heavy (non-hydrogen) atoms. The van der Waals surface area contributed by atoms with Crippen LogP contribution in [0.15, 0.2) is 53.4 Å². The Morgan fingerprint density at radius 3 is 2.18 bits per heavy atom. The number of methoxy groups -OCH3 is 1. The lowest BCUT2D eigenvalue weighted by molar-refractivity contribution is -0.116. The molecule has 0 spiro atoms. The Bertz CT molecular complexity index is 1020. The van der Waals surface area contributed by atoms with Gasteiger partial charge in [0.25, 0.3) is 0 Å². The molecule has 180 valence electrons. The Labute approximate surface area is 195 Å². The molecule has 0 unspecified atom stereocenters. The number of aryl methyl sites for hydroxylation is 1. The van der Waals surface area contributed by atoms with Crippen LogP contribution in [0.25, 0.3) is 0 Å². The minimum Gasteiger partial charge on any atom is -0.447 e. The van der Waals surface area contributed by atoms with Crippen molar-refractivity contribution >= 4 is 33.4 Å². The maximum absolute atomic E-state index is 12.6.